The Balaban J connectivity index is 1.78. The molecule has 4 nitrogen and oxygen atoms in total. The second-order valence-corrected chi connectivity index (χ2v) is 6.34. The van der Waals surface area contributed by atoms with Crippen molar-refractivity contribution in [1.82, 2.24) is 15.3 Å². The number of rotatable bonds is 5. The van der Waals surface area contributed by atoms with Gasteiger partial charge in [0, 0.05) is 29.9 Å². The van der Waals surface area contributed by atoms with Gasteiger partial charge in [-0.3, -0.25) is 9.78 Å². The van der Waals surface area contributed by atoms with Crippen LogP contribution in [-0.4, -0.2) is 22.1 Å². The van der Waals surface area contributed by atoms with Crippen LogP contribution in [0.2, 0.25) is 0 Å². The Kier molecular flexibility index (Phi) is 5.05. The Bertz CT molecular complexity index is 803. The minimum atomic E-state index is -0.123. The van der Waals surface area contributed by atoms with Gasteiger partial charge in [-0.1, -0.05) is 6.07 Å². The predicted octanol–water partition coefficient (Wildman–Crippen LogP) is 3.86. The molecule has 0 aromatic carbocycles. The summed E-state index contributed by atoms with van der Waals surface area (Å²) in [6.07, 6.45) is 5.37. The SMILES string of the molecule is CSc1ncccc1C(=O)NCc1cccnc1-c1ccsc1. The summed E-state index contributed by atoms with van der Waals surface area (Å²) in [5.41, 5.74) is 3.58. The standard InChI is InChI=1S/C17H15N3OS2/c1-22-17-14(5-3-8-19-17)16(21)20-10-12-4-2-7-18-15(12)13-6-9-23-11-13/h2-9,11H,10H2,1H3,(H,20,21). The monoisotopic (exact) mass is 341 g/mol. The van der Waals surface area contributed by atoms with Crippen molar-refractivity contribution in [2.75, 3.05) is 6.26 Å². The molecule has 0 aliphatic heterocycles. The molecule has 0 saturated heterocycles. The number of nitrogens with one attached hydrogen (secondary N) is 1. The van der Waals surface area contributed by atoms with Gasteiger partial charge in [0.2, 0.25) is 0 Å². The van der Waals surface area contributed by atoms with Crippen molar-refractivity contribution < 1.29 is 4.79 Å². The van der Waals surface area contributed by atoms with E-state index >= 15 is 0 Å². The maximum Gasteiger partial charge on any atom is 0.254 e. The maximum absolute atomic E-state index is 12.4. The summed E-state index contributed by atoms with van der Waals surface area (Å²) in [4.78, 5) is 21.1. The molecule has 0 bridgehead atoms. The van der Waals surface area contributed by atoms with Gasteiger partial charge in [-0.15, -0.1) is 11.8 Å². The van der Waals surface area contributed by atoms with Crippen LogP contribution < -0.4 is 5.32 Å². The quantitative estimate of drug-likeness (QED) is 0.716. The molecule has 6 heteroatoms. The van der Waals surface area contributed by atoms with Gasteiger partial charge in [-0.25, -0.2) is 4.98 Å². The molecule has 3 heterocycles. The minimum Gasteiger partial charge on any atom is -0.348 e. The van der Waals surface area contributed by atoms with Gasteiger partial charge in [0.15, 0.2) is 0 Å². The number of aromatic nitrogens is 2. The van der Waals surface area contributed by atoms with Gasteiger partial charge in [0.05, 0.1) is 11.3 Å². The zero-order valence-electron chi connectivity index (χ0n) is 12.5. The number of hydrogen-bond donors (Lipinski definition) is 1. The minimum absolute atomic E-state index is 0.123. The zero-order valence-corrected chi connectivity index (χ0v) is 14.2. The van der Waals surface area contributed by atoms with E-state index in [1.807, 2.05) is 29.8 Å². The molecule has 0 unspecified atom stereocenters. The van der Waals surface area contributed by atoms with Crippen molar-refractivity contribution in [1.29, 1.82) is 0 Å². The second-order valence-electron chi connectivity index (χ2n) is 4.77. The van der Waals surface area contributed by atoms with E-state index in [4.69, 9.17) is 0 Å². The summed E-state index contributed by atoms with van der Waals surface area (Å²) < 4.78 is 0. The smallest absolute Gasteiger partial charge is 0.254 e. The molecule has 0 aliphatic rings. The van der Waals surface area contributed by atoms with Gasteiger partial charge in [-0.2, -0.15) is 11.3 Å². The molecule has 0 aliphatic carbocycles. The van der Waals surface area contributed by atoms with E-state index in [0.717, 1.165) is 21.8 Å². The lowest BCUT2D eigenvalue weighted by Crippen LogP contribution is -2.24. The molecule has 3 rings (SSSR count). The summed E-state index contributed by atoms with van der Waals surface area (Å²) in [6, 6.07) is 9.46. The van der Waals surface area contributed by atoms with E-state index < -0.39 is 0 Å². The van der Waals surface area contributed by atoms with Crippen molar-refractivity contribution >= 4 is 29.0 Å². The molecule has 23 heavy (non-hydrogen) atoms. The lowest BCUT2D eigenvalue weighted by molar-refractivity contribution is 0.0947. The Hall–Kier alpha value is -2.18. The number of thioether (sulfide) groups is 1. The largest absolute Gasteiger partial charge is 0.348 e. The highest BCUT2D eigenvalue weighted by Gasteiger charge is 2.13. The second kappa shape index (κ2) is 7.39. The highest BCUT2D eigenvalue weighted by molar-refractivity contribution is 7.98. The zero-order chi connectivity index (χ0) is 16.1. The fraction of sp³-hybridized carbons (Fsp3) is 0.118. The van der Waals surface area contributed by atoms with Crippen LogP contribution in [-0.2, 0) is 6.54 Å². The number of carbonyl (C=O) groups excluding carboxylic acids is 1. The molecule has 0 spiro atoms. The lowest BCUT2D eigenvalue weighted by Gasteiger charge is -2.10. The van der Waals surface area contributed by atoms with E-state index in [2.05, 4.69) is 20.7 Å². The van der Waals surface area contributed by atoms with E-state index in [-0.39, 0.29) is 5.91 Å². The van der Waals surface area contributed by atoms with Crippen LogP contribution in [0.4, 0.5) is 0 Å². The third-order valence-corrected chi connectivity index (χ3v) is 4.73. The topological polar surface area (TPSA) is 54.9 Å². The van der Waals surface area contributed by atoms with Gasteiger partial charge >= 0.3 is 0 Å². The summed E-state index contributed by atoms with van der Waals surface area (Å²) >= 11 is 3.09. The molecule has 1 amide bonds. The molecular formula is C17H15N3OS2. The van der Waals surface area contributed by atoms with Crippen molar-refractivity contribution in [3.05, 3.63) is 64.6 Å². The fourth-order valence-electron chi connectivity index (χ4n) is 2.24. The molecule has 3 aromatic heterocycles. The first-order chi connectivity index (χ1) is 11.3. The number of hydrogen-bond acceptors (Lipinski definition) is 5. The van der Waals surface area contributed by atoms with Crippen molar-refractivity contribution in [2.45, 2.75) is 11.6 Å². The van der Waals surface area contributed by atoms with Gasteiger partial charge in [-0.05, 0) is 41.5 Å². The Morgan fingerprint density at radius 1 is 1.22 bits per heavy atom. The van der Waals surface area contributed by atoms with Crippen molar-refractivity contribution in [3.63, 3.8) is 0 Å². The summed E-state index contributed by atoms with van der Waals surface area (Å²) in [6.45, 7) is 0.431. The lowest BCUT2D eigenvalue weighted by atomic mass is 10.1. The maximum atomic E-state index is 12.4. The van der Waals surface area contributed by atoms with Crippen molar-refractivity contribution in [3.8, 4) is 11.3 Å². The first kappa shape index (κ1) is 15.7. The van der Waals surface area contributed by atoms with Gasteiger partial charge < -0.3 is 5.32 Å². The van der Waals surface area contributed by atoms with E-state index in [0.29, 0.717) is 12.1 Å². The molecule has 1 N–H and O–H groups in total. The van der Waals surface area contributed by atoms with Crippen LogP contribution >= 0.6 is 23.1 Å². The predicted molar refractivity (Wildman–Crippen MR) is 94.7 cm³/mol. The highest BCUT2D eigenvalue weighted by Crippen LogP contribution is 2.23. The average molecular weight is 341 g/mol. The first-order valence-electron chi connectivity index (χ1n) is 7.03. The summed E-state index contributed by atoms with van der Waals surface area (Å²) in [5, 5.41) is 7.77. The van der Waals surface area contributed by atoms with E-state index in [1.54, 1.807) is 35.9 Å². The van der Waals surface area contributed by atoms with Crippen LogP contribution in [0.25, 0.3) is 11.3 Å². The summed E-state index contributed by atoms with van der Waals surface area (Å²) in [5.74, 6) is -0.123. The Morgan fingerprint density at radius 2 is 2.04 bits per heavy atom. The summed E-state index contributed by atoms with van der Waals surface area (Å²) in [7, 11) is 0. The molecule has 0 saturated carbocycles. The number of amides is 1. The van der Waals surface area contributed by atoms with Gasteiger partial charge in [0.25, 0.3) is 5.91 Å². The molecule has 0 atom stereocenters. The first-order valence-corrected chi connectivity index (χ1v) is 9.20. The average Bonchev–Trinajstić information content (AvgIpc) is 3.14. The third kappa shape index (κ3) is 3.60. The van der Waals surface area contributed by atoms with Crippen LogP contribution in [0.3, 0.4) is 0 Å². The van der Waals surface area contributed by atoms with Crippen LogP contribution in [0.15, 0.2) is 58.5 Å². The molecule has 3 aromatic rings. The van der Waals surface area contributed by atoms with Gasteiger partial charge in [0.1, 0.15) is 5.03 Å². The molecule has 0 radical (unpaired) electrons. The Labute approximate surface area is 143 Å². The van der Waals surface area contributed by atoms with Crippen molar-refractivity contribution in [2.24, 2.45) is 0 Å². The number of thiophene rings is 1. The number of pyridine rings is 2. The highest BCUT2D eigenvalue weighted by atomic mass is 32.2. The molecular weight excluding hydrogens is 326 g/mol. The Morgan fingerprint density at radius 3 is 2.83 bits per heavy atom. The van der Waals surface area contributed by atoms with Crippen LogP contribution in [0, 0.1) is 0 Å². The van der Waals surface area contributed by atoms with E-state index in [9.17, 15) is 4.79 Å². The molecule has 0 fully saturated rings. The normalized spacial score (nSPS) is 10.5. The fourth-order valence-corrected chi connectivity index (χ4v) is 3.42. The van der Waals surface area contributed by atoms with Crippen LogP contribution in [0.1, 0.15) is 15.9 Å². The third-order valence-electron chi connectivity index (χ3n) is 3.33. The molecule has 116 valence electrons. The van der Waals surface area contributed by atoms with E-state index in [1.165, 1.54) is 11.8 Å². The van der Waals surface area contributed by atoms with Crippen LogP contribution in [0.5, 0.6) is 0 Å². The number of nitrogens with zero attached hydrogens (tertiary/aromatic N) is 2. The number of carbonyl (C=O) groups is 1.